The molecule has 2 rings (SSSR count). The van der Waals surface area contributed by atoms with Crippen LogP contribution in [0.25, 0.3) is 0 Å². The maximum Gasteiger partial charge on any atom is 0.235 e. The molecule has 0 radical (unpaired) electrons. The summed E-state index contributed by atoms with van der Waals surface area (Å²) < 4.78 is 0. The van der Waals surface area contributed by atoms with Crippen LogP contribution < -0.4 is 5.73 Å². The molecule has 2 aromatic rings. The van der Waals surface area contributed by atoms with Gasteiger partial charge in [-0.15, -0.1) is 0 Å². The molecule has 1 aromatic carbocycles. The zero-order chi connectivity index (χ0) is 12.1. The molecule has 0 aliphatic rings. The van der Waals surface area contributed by atoms with Crippen LogP contribution in [-0.4, -0.2) is 20.9 Å². The summed E-state index contributed by atoms with van der Waals surface area (Å²) in [5, 5.41) is -0.00810. The molecule has 0 aliphatic carbocycles. The average Bonchev–Trinajstić information content (AvgIpc) is 2.38. The lowest BCUT2D eigenvalue weighted by Gasteiger charge is -2.11. The molecule has 0 fully saturated rings. The number of aromatic nitrogens is 3. The Bertz CT molecular complexity index is 491. The van der Waals surface area contributed by atoms with Crippen molar-refractivity contribution >= 4 is 17.7 Å². The maximum absolute atomic E-state index is 11.4. The highest BCUT2D eigenvalue weighted by Gasteiger charge is 2.20. The number of carbonyl (C=O) groups is 1. The van der Waals surface area contributed by atoms with E-state index in [0.29, 0.717) is 5.16 Å². The lowest BCUT2D eigenvalue weighted by molar-refractivity contribution is -0.117. The number of benzene rings is 1. The van der Waals surface area contributed by atoms with Crippen molar-refractivity contribution in [2.24, 2.45) is 5.73 Å². The van der Waals surface area contributed by atoms with Crippen LogP contribution in [0.15, 0.2) is 48.1 Å². The minimum Gasteiger partial charge on any atom is -0.368 e. The van der Waals surface area contributed by atoms with E-state index in [9.17, 15) is 4.79 Å². The number of amides is 1. The van der Waals surface area contributed by atoms with Gasteiger partial charge in [0.15, 0.2) is 5.16 Å². The summed E-state index contributed by atoms with van der Waals surface area (Å²) in [6, 6.07) is 9.31. The summed E-state index contributed by atoms with van der Waals surface area (Å²) in [5.41, 5.74) is 6.22. The van der Waals surface area contributed by atoms with E-state index in [2.05, 4.69) is 15.0 Å². The number of hydrogen-bond acceptors (Lipinski definition) is 5. The van der Waals surface area contributed by atoms with Gasteiger partial charge in [-0.05, 0) is 5.56 Å². The molecule has 2 N–H and O–H groups in total. The highest BCUT2D eigenvalue weighted by Crippen LogP contribution is 2.32. The molecule has 86 valence electrons. The first kappa shape index (κ1) is 11.5. The number of thioether (sulfide) groups is 1. The molecule has 0 bridgehead atoms. The van der Waals surface area contributed by atoms with E-state index in [-0.39, 0.29) is 0 Å². The van der Waals surface area contributed by atoms with Gasteiger partial charge in [0.25, 0.3) is 0 Å². The third-order valence-corrected chi connectivity index (χ3v) is 3.22. The number of nitrogens with two attached hydrogens (primary N) is 1. The van der Waals surface area contributed by atoms with Crippen molar-refractivity contribution < 1.29 is 4.79 Å². The third-order valence-electron chi connectivity index (χ3n) is 2.05. The van der Waals surface area contributed by atoms with Gasteiger partial charge in [0.05, 0.1) is 0 Å². The number of nitrogens with zero attached hydrogens (tertiary/aromatic N) is 3. The quantitative estimate of drug-likeness (QED) is 0.819. The predicted molar refractivity (Wildman–Crippen MR) is 64.1 cm³/mol. The molecule has 0 saturated carbocycles. The summed E-state index contributed by atoms with van der Waals surface area (Å²) in [7, 11) is 0. The number of primary amides is 1. The minimum atomic E-state index is -0.487. The molecule has 1 atom stereocenters. The molecule has 17 heavy (non-hydrogen) atoms. The summed E-state index contributed by atoms with van der Waals surface area (Å²) in [4.78, 5) is 23.1. The standard InChI is InChI=1S/C11H10N4OS/c12-10(16)9(8-4-2-1-3-5-8)17-11-14-6-13-7-15-11/h1-7,9H,(H2,12,16). The second kappa shape index (κ2) is 5.40. The van der Waals surface area contributed by atoms with Gasteiger partial charge >= 0.3 is 0 Å². The predicted octanol–water partition coefficient (Wildman–Crippen LogP) is 1.19. The topological polar surface area (TPSA) is 81.8 Å². The zero-order valence-electron chi connectivity index (χ0n) is 8.85. The Morgan fingerprint density at radius 1 is 1.18 bits per heavy atom. The molecule has 0 saturated heterocycles. The Morgan fingerprint density at radius 2 is 1.82 bits per heavy atom. The SMILES string of the molecule is NC(=O)C(Sc1ncncn1)c1ccccc1. The first-order valence-corrected chi connectivity index (χ1v) is 5.78. The lowest BCUT2D eigenvalue weighted by Crippen LogP contribution is -2.19. The summed E-state index contributed by atoms with van der Waals surface area (Å²) in [6.45, 7) is 0. The highest BCUT2D eigenvalue weighted by atomic mass is 32.2. The summed E-state index contributed by atoms with van der Waals surface area (Å²) in [5.74, 6) is -0.415. The second-order valence-electron chi connectivity index (χ2n) is 3.23. The van der Waals surface area contributed by atoms with Crippen LogP contribution in [0.1, 0.15) is 10.8 Å². The molecular weight excluding hydrogens is 236 g/mol. The molecular formula is C11H10N4OS. The molecule has 5 nitrogen and oxygen atoms in total. The van der Waals surface area contributed by atoms with E-state index in [1.165, 1.54) is 24.4 Å². The summed E-state index contributed by atoms with van der Waals surface area (Å²) in [6.07, 6.45) is 2.77. The Balaban J connectivity index is 2.23. The lowest BCUT2D eigenvalue weighted by atomic mass is 10.1. The van der Waals surface area contributed by atoms with Crippen LogP contribution in [-0.2, 0) is 4.79 Å². The van der Waals surface area contributed by atoms with E-state index >= 15 is 0 Å². The largest absolute Gasteiger partial charge is 0.368 e. The molecule has 1 aromatic heterocycles. The van der Waals surface area contributed by atoms with Gasteiger partial charge in [-0.2, -0.15) is 0 Å². The third kappa shape index (κ3) is 3.01. The van der Waals surface area contributed by atoms with E-state index < -0.39 is 11.2 Å². The fraction of sp³-hybridized carbons (Fsp3) is 0.0909. The van der Waals surface area contributed by atoms with Crippen molar-refractivity contribution in [2.45, 2.75) is 10.4 Å². The van der Waals surface area contributed by atoms with Gasteiger partial charge in [-0.1, -0.05) is 42.1 Å². The van der Waals surface area contributed by atoms with Gasteiger partial charge in [0.1, 0.15) is 17.9 Å². The van der Waals surface area contributed by atoms with Crippen molar-refractivity contribution in [3.63, 3.8) is 0 Å². The average molecular weight is 246 g/mol. The number of carbonyl (C=O) groups excluding carboxylic acids is 1. The smallest absolute Gasteiger partial charge is 0.235 e. The van der Waals surface area contributed by atoms with Crippen LogP contribution >= 0.6 is 11.8 Å². The van der Waals surface area contributed by atoms with Crippen molar-refractivity contribution in [3.05, 3.63) is 48.5 Å². The van der Waals surface area contributed by atoms with Crippen molar-refractivity contribution in [2.75, 3.05) is 0 Å². The van der Waals surface area contributed by atoms with Crippen molar-refractivity contribution in [1.82, 2.24) is 15.0 Å². The van der Waals surface area contributed by atoms with Gasteiger partial charge in [0, 0.05) is 0 Å². The normalized spacial score (nSPS) is 12.0. The fourth-order valence-corrected chi connectivity index (χ4v) is 2.15. The van der Waals surface area contributed by atoms with E-state index in [1.807, 2.05) is 30.3 Å². The highest BCUT2D eigenvalue weighted by molar-refractivity contribution is 8.00. The Labute approximate surface area is 103 Å². The first-order valence-electron chi connectivity index (χ1n) is 4.90. The second-order valence-corrected chi connectivity index (χ2v) is 4.30. The molecule has 1 amide bonds. The van der Waals surface area contributed by atoms with Gasteiger partial charge in [-0.25, -0.2) is 15.0 Å². The van der Waals surface area contributed by atoms with Gasteiger partial charge < -0.3 is 5.73 Å². The molecule has 1 heterocycles. The van der Waals surface area contributed by atoms with E-state index in [4.69, 9.17) is 5.73 Å². The molecule has 0 aliphatic heterocycles. The molecule has 0 spiro atoms. The van der Waals surface area contributed by atoms with E-state index in [1.54, 1.807) is 0 Å². The van der Waals surface area contributed by atoms with Crippen LogP contribution in [0, 0.1) is 0 Å². The van der Waals surface area contributed by atoms with Crippen LogP contribution in [0.4, 0.5) is 0 Å². The number of hydrogen-bond donors (Lipinski definition) is 1. The zero-order valence-corrected chi connectivity index (χ0v) is 9.67. The molecule has 1 unspecified atom stereocenters. The van der Waals surface area contributed by atoms with Gasteiger partial charge in [0.2, 0.25) is 5.91 Å². The van der Waals surface area contributed by atoms with Crippen molar-refractivity contribution in [1.29, 1.82) is 0 Å². The maximum atomic E-state index is 11.4. The Hall–Kier alpha value is -1.95. The summed E-state index contributed by atoms with van der Waals surface area (Å²) >= 11 is 1.21. The minimum absolute atomic E-state index is 0.415. The van der Waals surface area contributed by atoms with Crippen LogP contribution in [0.3, 0.4) is 0 Å². The Morgan fingerprint density at radius 3 is 2.41 bits per heavy atom. The van der Waals surface area contributed by atoms with Crippen molar-refractivity contribution in [3.8, 4) is 0 Å². The van der Waals surface area contributed by atoms with E-state index in [0.717, 1.165) is 5.56 Å². The Kier molecular flexibility index (Phi) is 3.66. The fourth-order valence-electron chi connectivity index (χ4n) is 1.31. The number of rotatable bonds is 4. The monoisotopic (exact) mass is 246 g/mol. The molecule has 6 heteroatoms. The van der Waals surface area contributed by atoms with Gasteiger partial charge in [-0.3, -0.25) is 4.79 Å². The van der Waals surface area contributed by atoms with Crippen LogP contribution in [0.5, 0.6) is 0 Å². The first-order chi connectivity index (χ1) is 8.27. The van der Waals surface area contributed by atoms with Crippen LogP contribution in [0.2, 0.25) is 0 Å².